The first-order valence-electron chi connectivity index (χ1n) is 14.5. The van der Waals surface area contributed by atoms with Gasteiger partial charge in [0.15, 0.2) is 0 Å². The van der Waals surface area contributed by atoms with Gasteiger partial charge in [-0.3, -0.25) is 4.79 Å². The zero-order valence-corrected chi connectivity index (χ0v) is 21.6. The van der Waals surface area contributed by atoms with Gasteiger partial charge < -0.3 is 15.7 Å². The minimum absolute atomic E-state index is 0.344. The molecule has 1 heterocycles. The molecule has 188 valence electrons. The molecule has 3 unspecified atom stereocenters. The van der Waals surface area contributed by atoms with Crippen molar-refractivity contribution in [2.45, 2.75) is 116 Å². The average Bonchev–Trinajstić information content (AvgIpc) is 3.16. The maximum absolute atomic E-state index is 11.2. The molecule has 0 spiro atoms. The van der Waals surface area contributed by atoms with E-state index in [0.29, 0.717) is 23.2 Å². The summed E-state index contributed by atoms with van der Waals surface area (Å²) in [7, 11) is 0. The first kappa shape index (κ1) is 24.1. The van der Waals surface area contributed by atoms with Crippen LogP contribution in [-0.2, 0) is 4.79 Å². The first-order valence-corrected chi connectivity index (χ1v) is 14.5. The monoisotopic (exact) mass is 458 g/mol. The number of hydrogen-bond donors (Lipinski definition) is 3. The lowest BCUT2D eigenvalue weighted by molar-refractivity contribution is -0.137. The van der Waals surface area contributed by atoms with Crippen molar-refractivity contribution in [3.8, 4) is 0 Å². The van der Waals surface area contributed by atoms with E-state index in [-0.39, 0.29) is 0 Å². The summed E-state index contributed by atoms with van der Waals surface area (Å²) in [6.07, 6.45) is 16.5. The van der Waals surface area contributed by atoms with E-state index in [9.17, 15) is 9.90 Å². The summed E-state index contributed by atoms with van der Waals surface area (Å²) in [5, 5.41) is 16.8. The molecule has 9 atom stereocenters. The number of rotatable bonds is 6. The van der Waals surface area contributed by atoms with Crippen LogP contribution in [0.3, 0.4) is 0 Å². The molecule has 0 bridgehead atoms. The Balaban J connectivity index is 1.24. The quantitative estimate of drug-likeness (QED) is 0.467. The van der Waals surface area contributed by atoms with Crippen molar-refractivity contribution < 1.29 is 9.90 Å². The van der Waals surface area contributed by atoms with Crippen LogP contribution in [0.2, 0.25) is 0 Å². The normalized spacial score (nSPS) is 46.8. The summed E-state index contributed by atoms with van der Waals surface area (Å²) in [4.78, 5) is 11.2. The van der Waals surface area contributed by atoms with E-state index in [4.69, 9.17) is 0 Å². The van der Waals surface area contributed by atoms with E-state index in [1.54, 1.807) is 0 Å². The summed E-state index contributed by atoms with van der Waals surface area (Å²) in [5.41, 5.74) is 1.01. The van der Waals surface area contributed by atoms with Gasteiger partial charge in [0, 0.05) is 18.5 Å². The average molecular weight is 459 g/mol. The van der Waals surface area contributed by atoms with E-state index in [1.807, 2.05) is 0 Å². The molecule has 1 aliphatic heterocycles. The van der Waals surface area contributed by atoms with Crippen LogP contribution >= 0.6 is 0 Å². The van der Waals surface area contributed by atoms with Gasteiger partial charge in [-0.1, -0.05) is 20.8 Å². The molecule has 4 nitrogen and oxygen atoms in total. The fraction of sp³-hybridized carbons (Fsp3) is 0.966. The van der Waals surface area contributed by atoms with Crippen LogP contribution in [0.25, 0.3) is 0 Å². The smallest absolute Gasteiger partial charge is 0.303 e. The molecule has 3 N–H and O–H groups in total. The number of aliphatic carboxylic acids is 1. The van der Waals surface area contributed by atoms with Crippen LogP contribution in [0.5, 0.6) is 0 Å². The number of nitrogens with one attached hydrogen (secondary N) is 2. The number of carbonyl (C=O) groups is 1. The molecule has 4 saturated carbocycles. The Morgan fingerprint density at radius 1 is 0.939 bits per heavy atom. The number of carboxylic acid groups (broad SMARTS) is 1. The number of fused-ring (bicyclic) bond motifs is 5. The van der Waals surface area contributed by atoms with Gasteiger partial charge in [0.2, 0.25) is 0 Å². The molecule has 0 aromatic heterocycles. The Hall–Kier alpha value is -0.610. The molecule has 0 radical (unpaired) electrons. The highest BCUT2D eigenvalue weighted by Crippen LogP contribution is 2.68. The second-order valence-corrected chi connectivity index (χ2v) is 13.5. The molecule has 0 aromatic carbocycles. The second kappa shape index (κ2) is 9.45. The standard InChI is InChI=1S/C29H50N2O2/c1-19(4-9-27(32)33)24-7-8-25-23-6-5-20-18-22(31-21-12-16-30-17-13-21)10-14-28(20,2)26(23)11-15-29(24,25)3/h19-26,30-31H,4-18H2,1-3H3,(H,32,33)/t19-,20-,22-,23?,24-,25?,26?,28+,29-/m1/s1. The van der Waals surface area contributed by atoms with Crippen molar-refractivity contribution in [3.05, 3.63) is 0 Å². The first-order chi connectivity index (χ1) is 15.8. The fourth-order valence-corrected chi connectivity index (χ4v) is 10.3. The highest BCUT2D eigenvalue weighted by atomic mass is 16.4. The molecule has 4 aliphatic carbocycles. The minimum atomic E-state index is -0.623. The largest absolute Gasteiger partial charge is 0.481 e. The topological polar surface area (TPSA) is 61.4 Å². The third kappa shape index (κ3) is 4.41. The molecule has 5 fully saturated rings. The van der Waals surface area contributed by atoms with Crippen LogP contribution < -0.4 is 10.6 Å². The van der Waals surface area contributed by atoms with Crippen molar-refractivity contribution in [2.24, 2.45) is 46.3 Å². The lowest BCUT2D eigenvalue weighted by Crippen LogP contribution is -2.56. The van der Waals surface area contributed by atoms with Gasteiger partial charge in [-0.15, -0.1) is 0 Å². The molecule has 33 heavy (non-hydrogen) atoms. The third-order valence-corrected chi connectivity index (χ3v) is 12.1. The lowest BCUT2D eigenvalue weighted by Gasteiger charge is -2.61. The number of carboxylic acids is 1. The molecular formula is C29H50N2O2. The maximum atomic E-state index is 11.2. The van der Waals surface area contributed by atoms with E-state index >= 15 is 0 Å². The maximum Gasteiger partial charge on any atom is 0.303 e. The summed E-state index contributed by atoms with van der Waals surface area (Å²) in [5.74, 6) is 4.33. The van der Waals surface area contributed by atoms with E-state index in [2.05, 4.69) is 31.4 Å². The van der Waals surface area contributed by atoms with Gasteiger partial charge in [0.1, 0.15) is 0 Å². The highest BCUT2D eigenvalue weighted by Gasteiger charge is 2.60. The van der Waals surface area contributed by atoms with Crippen LogP contribution in [-0.4, -0.2) is 36.2 Å². The summed E-state index contributed by atoms with van der Waals surface area (Å²) >= 11 is 0. The molecular weight excluding hydrogens is 408 g/mol. The van der Waals surface area contributed by atoms with Crippen LogP contribution in [0, 0.1) is 46.3 Å². The minimum Gasteiger partial charge on any atom is -0.481 e. The number of piperidine rings is 1. The molecule has 1 saturated heterocycles. The molecule has 0 amide bonds. The van der Waals surface area contributed by atoms with E-state index < -0.39 is 5.97 Å². The van der Waals surface area contributed by atoms with Crippen LogP contribution in [0.15, 0.2) is 0 Å². The zero-order valence-electron chi connectivity index (χ0n) is 21.6. The predicted octanol–water partition coefficient (Wildman–Crippen LogP) is 5.86. The van der Waals surface area contributed by atoms with Gasteiger partial charge in [-0.25, -0.2) is 0 Å². The highest BCUT2D eigenvalue weighted by molar-refractivity contribution is 5.66. The van der Waals surface area contributed by atoms with Crippen LogP contribution in [0.4, 0.5) is 0 Å². The Morgan fingerprint density at radius 3 is 2.42 bits per heavy atom. The van der Waals surface area contributed by atoms with Crippen molar-refractivity contribution in [1.82, 2.24) is 10.6 Å². The summed E-state index contributed by atoms with van der Waals surface area (Å²) < 4.78 is 0. The van der Waals surface area contributed by atoms with Gasteiger partial charge in [0.05, 0.1) is 0 Å². The van der Waals surface area contributed by atoms with Crippen molar-refractivity contribution in [3.63, 3.8) is 0 Å². The second-order valence-electron chi connectivity index (χ2n) is 13.5. The van der Waals surface area contributed by atoms with E-state index in [1.165, 1.54) is 83.7 Å². The summed E-state index contributed by atoms with van der Waals surface area (Å²) in [6.45, 7) is 10.0. The van der Waals surface area contributed by atoms with Crippen molar-refractivity contribution in [2.75, 3.05) is 13.1 Å². The van der Waals surface area contributed by atoms with Gasteiger partial charge in [-0.2, -0.15) is 0 Å². The summed E-state index contributed by atoms with van der Waals surface area (Å²) in [6, 6.07) is 1.49. The SMILES string of the molecule is C[C@H](CCC(=O)O)[C@H]1CCC2C3CC[C@@H]4C[C@H](NC5CCNCC5)CC[C@]4(C)C3CC[C@@]21C. The third-order valence-electron chi connectivity index (χ3n) is 12.1. The predicted molar refractivity (Wildman–Crippen MR) is 134 cm³/mol. The van der Waals surface area contributed by atoms with Crippen LogP contribution in [0.1, 0.15) is 104 Å². The lowest BCUT2D eigenvalue weighted by atomic mass is 9.44. The van der Waals surface area contributed by atoms with Gasteiger partial charge in [-0.05, 0) is 136 Å². The zero-order chi connectivity index (χ0) is 23.2. The molecule has 4 heteroatoms. The Morgan fingerprint density at radius 2 is 1.67 bits per heavy atom. The van der Waals surface area contributed by atoms with Crippen molar-refractivity contribution in [1.29, 1.82) is 0 Å². The number of hydrogen-bond acceptors (Lipinski definition) is 3. The molecule has 0 aromatic rings. The van der Waals surface area contributed by atoms with Gasteiger partial charge >= 0.3 is 5.97 Å². The van der Waals surface area contributed by atoms with Crippen molar-refractivity contribution >= 4 is 5.97 Å². The molecule has 5 rings (SSSR count). The fourth-order valence-electron chi connectivity index (χ4n) is 10.3. The Bertz CT molecular complexity index is 706. The van der Waals surface area contributed by atoms with E-state index in [0.717, 1.165) is 48.1 Å². The molecule has 5 aliphatic rings. The Labute approximate surface area is 202 Å². The van der Waals surface area contributed by atoms with Gasteiger partial charge in [0.25, 0.3) is 0 Å². The Kier molecular flexibility index (Phi) is 6.90.